The van der Waals surface area contributed by atoms with E-state index in [0.717, 1.165) is 38.8 Å². The fourth-order valence-corrected chi connectivity index (χ4v) is 4.26. The Morgan fingerprint density at radius 2 is 1.78 bits per heavy atom. The van der Waals surface area contributed by atoms with Gasteiger partial charge in [-0.1, -0.05) is 18.2 Å². The lowest BCUT2D eigenvalue weighted by Gasteiger charge is -2.38. The van der Waals surface area contributed by atoms with E-state index in [2.05, 4.69) is 0 Å². The Labute approximate surface area is 161 Å². The Balaban J connectivity index is 1.67. The molecule has 0 unspecified atom stereocenters. The summed E-state index contributed by atoms with van der Waals surface area (Å²) in [6, 6.07) is 6.62. The highest BCUT2D eigenvalue weighted by atomic mass is 16.5. The van der Waals surface area contributed by atoms with E-state index < -0.39 is 12.0 Å². The molecule has 0 saturated carbocycles. The third-order valence-electron chi connectivity index (χ3n) is 5.66. The first-order chi connectivity index (χ1) is 13.1. The molecule has 0 spiro atoms. The summed E-state index contributed by atoms with van der Waals surface area (Å²) in [4.78, 5) is 28.8. The van der Waals surface area contributed by atoms with Gasteiger partial charge in [0.05, 0.1) is 6.61 Å². The van der Waals surface area contributed by atoms with Gasteiger partial charge in [0.2, 0.25) is 5.91 Å². The number of rotatable bonds is 6. The summed E-state index contributed by atoms with van der Waals surface area (Å²) in [7, 11) is 0. The maximum absolute atomic E-state index is 12.7. The Bertz CT molecular complexity index is 649. The first kappa shape index (κ1) is 19.7. The topological polar surface area (TPSA) is 70.1 Å². The lowest BCUT2D eigenvalue weighted by molar-refractivity contribution is -0.145. The molecular weight excluding hydrogens is 344 g/mol. The van der Waals surface area contributed by atoms with Crippen LogP contribution in [0, 0.1) is 5.92 Å². The summed E-state index contributed by atoms with van der Waals surface area (Å²) in [5.41, 5.74) is 0.688. The van der Waals surface area contributed by atoms with Crippen molar-refractivity contribution >= 4 is 11.9 Å². The van der Waals surface area contributed by atoms with Gasteiger partial charge in [0.15, 0.2) is 0 Å². The molecular formula is C21H30N2O4. The second-order valence-corrected chi connectivity index (χ2v) is 7.41. The number of para-hydroxylation sites is 1. The molecule has 1 atom stereocenters. The van der Waals surface area contributed by atoms with Crippen LogP contribution in [-0.2, 0) is 9.59 Å². The number of aliphatic carboxylic acids is 1. The number of amides is 1. The normalized spacial score (nSPS) is 20.3. The maximum atomic E-state index is 12.7. The van der Waals surface area contributed by atoms with E-state index in [-0.39, 0.29) is 11.8 Å². The zero-order valence-electron chi connectivity index (χ0n) is 16.1. The van der Waals surface area contributed by atoms with Crippen molar-refractivity contribution in [1.29, 1.82) is 0 Å². The Kier molecular flexibility index (Phi) is 6.72. The number of piperidine rings is 2. The van der Waals surface area contributed by atoms with Crippen molar-refractivity contribution < 1.29 is 19.4 Å². The summed E-state index contributed by atoms with van der Waals surface area (Å²) in [6.45, 7) is 5.36. The SMILES string of the molecule is CCOc1ccccc1[C@H](C(=O)O)N1CCC(C(=O)N2CCCCC2)CC1. The average molecular weight is 374 g/mol. The zero-order valence-corrected chi connectivity index (χ0v) is 16.1. The van der Waals surface area contributed by atoms with Crippen LogP contribution in [0.3, 0.4) is 0 Å². The monoisotopic (exact) mass is 374 g/mol. The van der Waals surface area contributed by atoms with Crippen molar-refractivity contribution in [2.24, 2.45) is 5.92 Å². The molecule has 2 aliphatic heterocycles. The van der Waals surface area contributed by atoms with Crippen LogP contribution in [0.5, 0.6) is 5.75 Å². The summed E-state index contributed by atoms with van der Waals surface area (Å²) < 4.78 is 5.65. The zero-order chi connectivity index (χ0) is 19.2. The van der Waals surface area contributed by atoms with Crippen molar-refractivity contribution in [2.75, 3.05) is 32.8 Å². The van der Waals surface area contributed by atoms with Crippen LogP contribution in [0.4, 0.5) is 0 Å². The lowest BCUT2D eigenvalue weighted by Crippen LogP contribution is -2.46. The van der Waals surface area contributed by atoms with Gasteiger partial charge in [0, 0.05) is 37.7 Å². The molecule has 0 bridgehead atoms. The lowest BCUT2D eigenvalue weighted by atomic mass is 9.92. The molecule has 0 aromatic heterocycles. The maximum Gasteiger partial charge on any atom is 0.325 e. The molecule has 0 radical (unpaired) electrons. The standard InChI is InChI=1S/C21H30N2O4/c1-2-27-18-9-5-4-8-17(18)19(21(25)26)22-14-10-16(11-15-22)20(24)23-12-6-3-7-13-23/h4-5,8-9,16,19H,2-3,6-7,10-15H2,1H3,(H,25,26)/t19-/m1/s1. The first-order valence-corrected chi connectivity index (χ1v) is 10.1. The summed E-state index contributed by atoms with van der Waals surface area (Å²) in [5, 5.41) is 9.88. The molecule has 2 heterocycles. The molecule has 6 nitrogen and oxygen atoms in total. The third-order valence-corrected chi connectivity index (χ3v) is 5.66. The van der Waals surface area contributed by atoms with Crippen molar-refractivity contribution in [3.63, 3.8) is 0 Å². The molecule has 0 aliphatic carbocycles. The number of benzene rings is 1. The van der Waals surface area contributed by atoms with Crippen LogP contribution < -0.4 is 4.74 Å². The minimum Gasteiger partial charge on any atom is -0.494 e. The minimum absolute atomic E-state index is 0.0240. The van der Waals surface area contributed by atoms with Crippen molar-refractivity contribution in [2.45, 2.75) is 45.1 Å². The molecule has 1 amide bonds. The minimum atomic E-state index is -0.872. The largest absolute Gasteiger partial charge is 0.494 e. The highest BCUT2D eigenvalue weighted by Gasteiger charge is 2.35. The summed E-state index contributed by atoms with van der Waals surface area (Å²) >= 11 is 0. The highest BCUT2D eigenvalue weighted by molar-refractivity contribution is 5.79. The second-order valence-electron chi connectivity index (χ2n) is 7.41. The molecule has 148 valence electrons. The van der Waals surface area contributed by atoms with Gasteiger partial charge in [-0.05, 0) is 45.1 Å². The molecule has 3 rings (SSSR count). The van der Waals surface area contributed by atoms with Crippen LogP contribution in [0.15, 0.2) is 24.3 Å². The van der Waals surface area contributed by atoms with Crippen LogP contribution in [0.25, 0.3) is 0 Å². The van der Waals surface area contributed by atoms with Crippen LogP contribution >= 0.6 is 0 Å². The molecule has 2 fully saturated rings. The molecule has 27 heavy (non-hydrogen) atoms. The van der Waals surface area contributed by atoms with E-state index in [0.29, 0.717) is 31.0 Å². The van der Waals surface area contributed by atoms with Gasteiger partial charge in [-0.25, -0.2) is 0 Å². The Morgan fingerprint density at radius 3 is 2.41 bits per heavy atom. The number of nitrogens with zero attached hydrogens (tertiary/aromatic N) is 2. The summed E-state index contributed by atoms with van der Waals surface area (Å²) in [6.07, 6.45) is 4.84. The molecule has 2 aliphatic rings. The van der Waals surface area contributed by atoms with Gasteiger partial charge in [0.25, 0.3) is 0 Å². The molecule has 2 saturated heterocycles. The predicted octanol–water partition coefficient (Wildman–Crippen LogP) is 2.94. The number of hydrogen-bond acceptors (Lipinski definition) is 4. The van der Waals surface area contributed by atoms with E-state index >= 15 is 0 Å². The highest BCUT2D eigenvalue weighted by Crippen LogP contribution is 2.33. The van der Waals surface area contributed by atoms with Gasteiger partial charge < -0.3 is 14.7 Å². The Hall–Kier alpha value is -2.08. The fourth-order valence-electron chi connectivity index (χ4n) is 4.26. The Morgan fingerprint density at radius 1 is 1.11 bits per heavy atom. The molecule has 1 aromatic carbocycles. The van der Waals surface area contributed by atoms with Gasteiger partial charge in [-0.15, -0.1) is 0 Å². The van der Waals surface area contributed by atoms with E-state index in [1.807, 2.05) is 41.0 Å². The van der Waals surface area contributed by atoms with Crippen LogP contribution in [-0.4, -0.2) is 59.6 Å². The smallest absolute Gasteiger partial charge is 0.325 e. The number of hydrogen-bond donors (Lipinski definition) is 1. The van der Waals surface area contributed by atoms with Gasteiger partial charge in [0.1, 0.15) is 11.8 Å². The van der Waals surface area contributed by atoms with Gasteiger partial charge in [-0.2, -0.15) is 0 Å². The van der Waals surface area contributed by atoms with Crippen molar-refractivity contribution in [3.05, 3.63) is 29.8 Å². The van der Waals surface area contributed by atoms with E-state index in [1.54, 1.807) is 0 Å². The first-order valence-electron chi connectivity index (χ1n) is 10.1. The van der Waals surface area contributed by atoms with Gasteiger partial charge >= 0.3 is 5.97 Å². The van der Waals surface area contributed by atoms with E-state index in [4.69, 9.17) is 4.74 Å². The number of ether oxygens (including phenoxy) is 1. The van der Waals surface area contributed by atoms with E-state index in [1.165, 1.54) is 6.42 Å². The number of likely N-dealkylation sites (tertiary alicyclic amines) is 2. The fraction of sp³-hybridized carbons (Fsp3) is 0.619. The predicted molar refractivity (Wildman–Crippen MR) is 103 cm³/mol. The third kappa shape index (κ3) is 4.61. The molecule has 1 aromatic rings. The number of carbonyl (C=O) groups excluding carboxylic acids is 1. The van der Waals surface area contributed by atoms with Crippen molar-refractivity contribution in [3.8, 4) is 5.75 Å². The van der Waals surface area contributed by atoms with Gasteiger partial charge in [-0.3, -0.25) is 14.5 Å². The van der Waals surface area contributed by atoms with E-state index in [9.17, 15) is 14.7 Å². The number of carboxylic acid groups (broad SMARTS) is 1. The number of carbonyl (C=O) groups is 2. The quantitative estimate of drug-likeness (QED) is 0.829. The molecule has 1 N–H and O–H groups in total. The van der Waals surface area contributed by atoms with Crippen LogP contribution in [0.1, 0.15) is 50.6 Å². The van der Waals surface area contributed by atoms with Crippen molar-refractivity contribution in [1.82, 2.24) is 9.80 Å². The second kappa shape index (κ2) is 9.22. The van der Waals surface area contributed by atoms with Crippen LogP contribution in [0.2, 0.25) is 0 Å². The number of carboxylic acids is 1. The molecule has 6 heteroatoms. The summed E-state index contributed by atoms with van der Waals surface area (Å²) in [5.74, 6) is 0.0359. The average Bonchev–Trinajstić information content (AvgIpc) is 2.70.